The van der Waals surface area contributed by atoms with Gasteiger partial charge in [-0.2, -0.15) is 0 Å². The lowest BCUT2D eigenvalue weighted by Crippen LogP contribution is -2.27. The lowest BCUT2D eigenvalue weighted by Gasteiger charge is -2.21. The molecular weight excluding hydrogens is 468 g/mol. The first-order chi connectivity index (χ1) is 16.8. The van der Waals surface area contributed by atoms with Crippen molar-refractivity contribution in [2.45, 2.75) is 43.3 Å². The lowest BCUT2D eigenvalue weighted by molar-refractivity contribution is -0.116. The van der Waals surface area contributed by atoms with Gasteiger partial charge in [-0.25, -0.2) is 13.6 Å². The van der Waals surface area contributed by atoms with E-state index in [0.29, 0.717) is 36.9 Å². The predicted octanol–water partition coefficient (Wildman–Crippen LogP) is 2.85. The van der Waals surface area contributed by atoms with E-state index in [1.165, 1.54) is 24.3 Å². The standard InChI is InChI=1S/C25H28N4O5S/c26-35(32,33)23-11-9-20(10-12-23)27-24(30)13-14-29(17-22-2-1-15-34-22)16-18-3-5-19(6-4-18)25(31)28-21-7-8-21/h1-6,9-12,15,21H,7-8,13-14,16-17H2,(H,27,30)(H,28,31)(H2,26,32,33). The van der Waals surface area contributed by atoms with Gasteiger partial charge in [-0.15, -0.1) is 0 Å². The van der Waals surface area contributed by atoms with Crippen LogP contribution in [0.3, 0.4) is 0 Å². The molecule has 10 heteroatoms. The van der Waals surface area contributed by atoms with Gasteiger partial charge in [-0.1, -0.05) is 12.1 Å². The summed E-state index contributed by atoms with van der Waals surface area (Å²) in [7, 11) is -3.78. The first-order valence-corrected chi connectivity index (χ1v) is 12.9. The summed E-state index contributed by atoms with van der Waals surface area (Å²) in [6.07, 6.45) is 3.92. The zero-order valence-electron chi connectivity index (χ0n) is 19.1. The summed E-state index contributed by atoms with van der Waals surface area (Å²) in [6.45, 7) is 1.56. The molecule has 0 atom stereocenters. The number of carbonyl (C=O) groups excluding carboxylic acids is 2. The quantitative estimate of drug-likeness (QED) is 0.374. The highest BCUT2D eigenvalue weighted by molar-refractivity contribution is 7.89. The van der Waals surface area contributed by atoms with Crippen LogP contribution in [0.2, 0.25) is 0 Å². The summed E-state index contributed by atoms with van der Waals surface area (Å²) in [6, 6.07) is 17.2. The number of hydrogen-bond donors (Lipinski definition) is 3. The monoisotopic (exact) mass is 496 g/mol. The number of furan rings is 1. The van der Waals surface area contributed by atoms with Crippen molar-refractivity contribution in [2.24, 2.45) is 5.14 Å². The van der Waals surface area contributed by atoms with E-state index in [9.17, 15) is 18.0 Å². The van der Waals surface area contributed by atoms with Gasteiger partial charge in [0.25, 0.3) is 5.91 Å². The maximum absolute atomic E-state index is 12.5. The van der Waals surface area contributed by atoms with Crippen molar-refractivity contribution in [1.29, 1.82) is 0 Å². The van der Waals surface area contributed by atoms with Gasteiger partial charge in [0, 0.05) is 36.8 Å². The number of rotatable bonds is 11. The molecule has 184 valence electrons. The van der Waals surface area contributed by atoms with Crippen LogP contribution in [0.15, 0.2) is 76.2 Å². The Morgan fingerprint density at radius 3 is 2.31 bits per heavy atom. The van der Waals surface area contributed by atoms with Crippen LogP contribution in [-0.4, -0.2) is 37.7 Å². The molecule has 3 aromatic rings. The number of nitrogens with zero attached hydrogens (tertiary/aromatic N) is 1. The Hall–Kier alpha value is -3.47. The van der Waals surface area contributed by atoms with Gasteiger partial charge in [-0.05, 0) is 66.9 Å². The number of nitrogens with two attached hydrogens (primary N) is 1. The molecule has 0 bridgehead atoms. The van der Waals surface area contributed by atoms with Crippen molar-refractivity contribution in [1.82, 2.24) is 10.2 Å². The van der Waals surface area contributed by atoms with E-state index < -0.39 is 10.0 Å². The average molecular weight is 497 g/mol. The maximum atomic E-state index is 12.5. The summed E-state index contributed by atoms with van der Waals surface area (Å²) >= 11 is 0. The first-order valence-electron chi connectivity index (χ1n) is 11.3. The van der Waals surface area contributed by atoms with Gasteiger partial charge in [-0.3, -0.25) is 14.5 Å². The Morgan fingerprint density at radius 2 is 1.71 bits per heavy atom. The van der Waals surface area contributed by atoms with E-state index in [-0.39, 0.29) is 23.1 Å². The van der Waals surface area contributed by atoms with Gasteiger partial charge in [0.2, 0.25) is 15.9 Å². The summed E-state index contributed by atoms with van der Waals surface area (Å²) in [5.74, 6) is 0.523. The molecule has 0 spiro atoms. The molecule has 4 N–H and O–H groups in total. The second kappa shape index (κ2) is 10.9. The molecule has 2 amide bonds. The third-order valence-corrected chi connectivity index (χ3v) is 6.55. The fraction of sp³-hybridized carbons (Fsp3) is 0.280. The molecule has 0 radical (unpaired) electrons. The zero-order valence-corrected chi connectivity index (χ0v) is 20.0. The minimum absolute atomic E-state index is 0.0174. The van der Waals surface area contributed by atoms with Crippen LogP contribution in [-0.2, 0) is 27.9 Å². The second-order valence-corrected chi connectivity index (χ2v) is 10.2. The molecule has 1 aliphatic rings. The smallest absolute Gasteiger partial charge is 0.251 e. The SMILES string of the molecule is NS(=O)(=O)c1ccc(NC(=O)CCN(Cc2ccc(C(=O)NC3CC3)cc2)Cc2ccco2)cc1. The third-order valence-electron chi connectivity index (χ3n) is 5.62. The third kappa shape index (κ3) is 7.51. The predicted molar refractivity (Wildman–Crippen MR) is 131 cm³/mol. The average Bonchev–Trinajstić information content (AvgIpc) is 3.49. The highest BCUT2D eigenvalue weighted by Gasteiger charge is 2.23. The number of primary sulfonamides is 1. The molecule has 4 rings (SSSR count). The van der Waals surface area contributed by atoms with Crippen LogP contribution in [0.4, 0.5) is 5.69 Å². The van der Waals surface area contributed by atoms with Gasteiger partial charge < -0.3 is 15.1 Å². The minimum atomic E-state index is -3.78. The number of sulfonamides is 1. The Balaban J connectivity index is 1.34. The molecule has 0 unspecified atom stereocenters. The van der Waals surface area contributed by atoms with Crippen LogP contribution >= 0.6 is 0 Å². The molecule has 0 aliphatic heterocycles. The first kappa shape index (κ1) is 24.6. The molecule has 1 saturated carbocycles. The van der Waals surface area contributed by atoms with Crippen LogP contribution in [0.5, 0.6) is 0 Å². The fourth-order valence-corrected chi connectivity index (χ4v) is 4.08. The van der Waals surface area contributed by atoms with E-state index >= 15 is 0 Å². The van der Waals surface area contributed by atoms with Gasteiger partial charge >= 0.3 is 0 Å². The number of amides is 2. The number of hydrogen-bond acceptors (Lipinski definition) is 6. The Morgan fingerprint density at radius 1 is 1.00 bits per heavy atom. The Bertz CT molecular complexity index is 1250. The Kier molecular flexibility index (Phi) is 7.64. The van der Waals surface area contributed by atoms with Crippen LogP contribution in [0.1, 0.15) is 40.9 Å². The van der Waals surface area contributed by atoms with E-state index in [1.807, 2.05) is 36.4 Å². The summed E-state index contributed by atoms with van der Waals surface area (Å²) in [5, 5.41) is 10.9. The normalized spacial score (nSPS) is 13.5. The maximum Gasteiger partial charge on any atom is 0.251 e. The van der Waals surface area contributed by atoms with E-state index in [1.54, 1.807) is 6.26 Å². The number of anilines is 1. The van der Waals surface area contributed by atoms with E-state index in [4.69, 9.17) is 9.56 Å². The molecule has 1 aromatic heterocycles. The van der Waals surface area contributed by atoms with Crippen molar-refractivity contribution in [3.8, 4) is 0 Å². The summed E-state index contributed by atoms with van der Waals surface area (Å²) in [4.78, 5) is 26.8. The van der Waals surface area contributed by atoms with E-state index in [0.717, 1.165) is 24.2 Å². The fourth-order valence-electron chi connectivity index (χ4n) is 3.56. The summed E-state index contributed by atoms with van der Waals surface area (Å²) in [5.41, 5.74) is 2.13. The number of benzene rings is 2. The van der Waals surface area contributed by atoms with Gasteiger partial charge in [0.15, 0.2) is 0 Å². The van der Waals surface area contributed by atoms with Crippen molar-refractivity contribution >= 4 is 27.5 Å². The van der Waals surface area contributed by atoms with Crippen molar-refractivity contribution < 1.29 is 22.4 Å². The van der Waals surface area contributed by atoms with Gasteiger partial charge in [0.05, 0.1) is 17.7 Å². The summed E-state index contributed by atoms with van der Waals surface area (Å²) < 4.78 is 28.2. The Labute approximate surface area is 204 Å². The molecular formula is C25H28N4O5S. The topological polar surface area (TPSA) is 135 Å². The second-order valence-electron chi connectivity index (χ2n) is 8.60. The lowest BCUT2D eigenvalue weighted by atomic mass is 10.1. The largest absolute Gasteiger partial charge is 0.468 e. The van der Waals surface area contributed by atoms with Crippen molar-refractivity contribution in [3.63, 3.8) is 0 Å². The number of nitrogens with one attached hydrogen (secondary N) is 2. The number of carbonyl (C=O) groups is 2. The highest BCUT2D eigenvalue weighted by atomic mass is 32.2. The molecule has 2 aromatic carbocycles. The molecule has 1 aliphatic carbocycles. The van der Waals surface area contributed by atoms with E-state index in [2.05, 4.69) is 15.5 Å². The van der Waals surface area contributed by atoms with Crippen molar-refractivity contribution in [2.75, 3.05) is 11.9 Å². The molecule has 1 fully saturated rings. The van der Waals surface area contributed by atoms with Gasteiger partial charge in [0.1, 0.15) is 5.76 Å². The van der Waals surface area contributed by atoms with Crippen LogP contribution in [0, 0.1) is 0 Å². The van der Waals surface area contributed by atoms with Crippen molar-refractivity contribution in [3.05, 3.63) is 83.8 Å². The zero-order chi connectivity index (χ0) is 24.8. The highest BCUT2D eigenvalue weighted by Crippen LogP contribution is 2.20. The molecule has 9 nitrogen and oxygen atoms in total. The minimum Gasteiger partial charge on any atom is -0.468 e. The van der Waals surface area contributed by atoms with Crippen LogP contribution in [0.25, 0.3) is 0 Å². The molecule has 35 heavy (non-hydrogen) atoms. The molecule has 0 saturated heterocycles. The van der Waals surface area contributed by atoms with Crippen LogP contribution < -0.4 is 15.8 Å². The molecule has 1 heterocycles.